The monoisotopic (exact) mass is 631 g/mol. The van der Waals surface area contributed by atoms with Gasteiger partial charge in [-0.2, -0.15) is 0 Å². The van der Waals surface area contributed by atoms with Crippen LogP contribution >= 0.6 is 23.2 Å². The molecular weight excluding hydrogens is 597 g/mol. The lowest BCUT2D eigenvalue weighted by atomic mass is 10.1. The fourth-order valence-corrected chi connectivity index (χ4v) is 6.80. The summed E-state index contributed by atoms with van der Waals surface area (Å²) >= 11 is 12.4. The van der Waals surface area contributed by atoms with Crippen molar-refractivity contribution in [3.8, 4) is 5.75 Å². The molecule has 3 aromatic carbocycles. The maximum Gasteiger partial charge on any atom is 0.264 e. The predicted molar refractivity (Wildman–Crippen MR) is 166 cm³/mol. The van der Waals surface area contributed by atoms with E-state index in [0.717, 1.165) is 35.6 Å². The minimum Gasteiger partial charge on any atom is -0.495 e. The van der Waals surface area contributed by atoms with Crippen LogP contribution in [0.5, 0.6) is 5.75 Å². The molecule has 0 aliphatic heterocycles. The molecule has 0 saturated heterocycles. The first-order chi connectivity index (χ1) is 20.0. The van der Waals surface area contributed by atoms with E-state index in [1.54, 1.807) is 61.5 Å². The number of carbonyl (C=O) groups is 2. The summed E-state index contributed by atoms with van der Waals surface area (Å²) in [5, 5.41) is 3.72. The van der Waals surface area contributed by atoms with Gasteiger partial charge in [0.1, 0.15) is 18.3 Å². The summed E-state index contributed by atoms with van der Waals surface area (Å²) in [7, 11) is -2.78. The van der Waals surface area contributed by atoms with E-state index in [2.05, 4.69) is 5.32 Å². The predicted octanol–water partition coefficient (Wildman–Crippen LogP) is 5.98. The maximum atomic E-state index is 14.2. The maximum absolute atomic E-state index is 14.2. The van der Waals surface area contributed by atoms with E-state index >= 15 is 0 Å². The van der Waals surface area contributed by atoms with Gasteiger partial charge in [0.15, 0.2) is 0 Å². The number of carbonyl (C=O) groups excluding carboxylic acids is 2. The summed E-state index contributed by atoms with van der Waals surface area (Å²) in [5.41, 5.74) is 1.64. The van der Waals surface area contributed by atoms with Crippen LogP contribution in [0.4, 0.5) is 5.69 Å². The number of methoxy groups -OCH3 is 1. The molecule has 224 valence electrons. The second kappa shape index (κ2) is 13.8. The third kappa shape index (κ3) is 7.38. The Balaban J connectivity index is 1.74. The number of amides is 2. The van der Waals surface area contributed by atoms with Gasteiger partial charge < -0.3 is 15.0 Å². The molecule has 1 aliphatic carbocycles. The van der Waals surface area contributed by atoms with Crippen LogP contribution in [-0.4, -0.2) is 50.9 Å². The zero-order chi connectivity index (χ0) is 30.4. The van der Waals surface area contributed by atoms with Crippen LogP contribution in [0.3, 0.4) is 0 Å². The van der Waals surface area contributed by atoms with E-state index in [0.29, 0.717) is 15.6 Å². The SMILES string of the molecule is COc1ccc(C)cc1N(CC(=O)N(Cc1ccc(Cl)c(Cl)c1)[C@H](C)C(=O)NC1CCCC1)S(=O)(=O)c1ccccc1. The first-order valence-corrected chi connectivity index (χ1v) is 16.0. The van der Waals surface area contributed by atoms with Gasteiger partial charge in [-0.05, 0) is 74.2 Å². The van der Waals surface area contributed by atoms with Gasteiger partial charge in [-0.25, -0.2) is 8.42 Å². The molecule has 0 bridgehead atoms. The zero-order valence-electron chi connectivity index (χ0n) is 23.8. The second-order valence-corrected chi connectivity index (χ2v) is 13.1. The van der Waals surface area contributed by atoms with Gasteiger partial charge in [-0.1, -0.05) is 66.4 Å². The molecule has 1 atom stereocenters. The lowest BCUT2D eigenvalue weighted by Crippen LogP contribution is -2.52. The number of anilines is 1. The molecule has 4 rings (SSSR count). The summed E-state index contributed by atoms with van der Waals surface area (Å²) in [4.78, 5) is 28.9. The van der Waals surface area contributed by atoms with Crippen molar-refractivity contribution in [2.24, 2.45) is 0 Å². The van der Waals surface area contributed by atoms with Crippen molar-refractivity contribution in [1.29, 1.82) is 0 Å². The van der Waals surface area contributed by atoms with E-state index in [4.69, 9.17) is 27.9 Å². The summed E-state index contributed by atoms with van der Waals surface area (Å²) in [6, 6.07) is 17.1. The Morgan fingerprint density at radius 1 is 1.00 bits per heavy atom. The van der Waals surface area contributed by atoms with E-state index in [9.17, 15) is 18.0 Å². The normalized spacial score (nSPS) is 14.3. The van der Waals surface area contributed by atoms with Crippen molar-refractivity contribution < 1.29 is 22.7 Å². The van der Waals surface area contributed by atoms with Gasteiger partial charge in [0.05, 0.1) is 27.7 Å². The van der Waals surface area contributed by atoms with Crippen LogP contribution in [-0.2, 0) is 26.2 Å². The van der Waals surface area contributed by atoms with Crippen molar-refractivity contribution in [3.05, 3.63) is 87.9 Å². The quantitative estimate of drug-likeness (QED) is 0.281. The van der Waals surface area contributed by atoms with Gasteiger partial charge in [0, 0.05) is 12.6 Å². The molecule has 0 spiro atoms. The average Bonchev–Trinajstić information content (AvgIpc) is 3.49. The van der Waals surface area contributed by atoms with Gasteiger partial charge >= 0.3 is 0 Å². The molecule has 11 heteroatoms. The number of benzene rings is 3. The Morgan fingerprint density at radius 2 is 1.69 bits per heavy atom. The largest absolute Gasteiger partial charge is 0.495 e. The van der Waals surface area contributed by atoms with Crippen LogP contribution < -0.4 is 14.4 Å². The number of aryl methyl sites for hydroxylation is 1. The third-order valence-corrected chi connectivity index (χ3v) is 9.93. The smallest absolute Gasteiger partial charge is 0.264 e. The van der Waals surface area contributed by atoms with Crippen molar-refractivity contribution in [1.82, 2.24) is 10.2 Å². The Labute approximate surface area is 257 Å². The highest BCUT2D eigenvalue weighted by atomic mass is 35.5. The molecule has 8 nitrogen and oxygen atoms in total. The Bertz CT molecular complexity index is 1530. The Hall–Kier alpha value is -3.27. The molecule has 0 radical (unpaired) electrons. The molecular formula is C31H35Cl2N3O5S. The zero-order valence-corrected chi connectivity index (χ0v) is 26.2. The first kappa shape index (κ1) is 31.7. The minimum atomic E-state index is -4.22. The summed E-state index contributed by atoms with van der Waals surface area (Å²) in [6.45, 7) is 2.91. The van der Waals surface area contributed by atoms with Crippen LogP contribution in [0.15, 0.2) is 71.6 Å². The number of hydrogen-bond donors (Lipinski definition) is 1. The molecule has 42 heavy (non-hydrogen) atoms. The van der Waals surface area contributed by atoms with Crippen molar-refractivity contribution in [3.63, 3.8) is 0 Å². The highest BCUT2D eigenvalue weighted by Gasteiger charge is 2.34. The van der Waals surface area contributed by atoms with Gasteiger partial charge in [-0.3, -0.25) is 13.9 Å². The molecule has 1 saturated carbocycles. The highest BCUT2D eigenvalue weighted by molar-refractivity contribution is 7.92. The van der Waals surface area contributed by atoms with Gasteiger partial charge in [0.2, 0.25) is 11.8 Å². The van der Waals surface area contributed by atoms with Crippen molar-refractivity contribution in [2.45, 2.75) is 63.1 Å². The standard InChI is InChI=1S/C31H35Cl2N3O5S/c1-21-13-16-29(41-3)28(17-21)36(42(39,40)25-11-5-4-6-12-25)20-30(37)35(19-23-14-15-26(32)27(33)18-23)22(2)31(38)34-24-9-7-8-10-24/h4-6,11-18,22,24H,7-10,19-20H2,1-3H3,(H,34,38)/t22-/m1/s1. The molecule has 1 aliphatic rings. The topological polar surface area (TPSA) is 96.0 Å². The van der Waals surface area contributed by atoms with E-state index in [1.165, 1.54) is 24.1 Å². The second-order valence-electron chi connectivity index (χ2n) is 10.4. The van der Waals surface area contributed by atoms with Gasteiger partial charge in [-0.15, -0.1) is 0 Å². The van der Waals surface area contributed by atoms with Crippen molar-refractivity contribution in [2.75, 3.05) is 18.0 Å². The first-order valence-electron chi connectivity index (χ1n) is 13.8. The number of ether oxygens (including phenoxy) is 1. The molecule has 2 amide bonds. The van der Waals surface area contributed by atoms with E-state index < -0.39 is 28.5 Å². The van der Waals surface area contributed by atoms with Crippen LogP contribution in [0.2, 0.25) is 10.0 Å². The van der Waals surface area contributed by atoms with Gasteiger partial charge in [0.25, 0.3) is 10.0 Å². The lowest BCUT2D eigenvalue weighted by molar-refractivity contribution is -0.139. The third-order valence-electron chi connectivity index (χ3n) is 7.42. The summed E-state index contributed by atoms with van der Waals surface area (Å²) in [5.74, 6) is -0.588. The number of halogens is 2. The average molecular weight is 633 g/mol. The number of nitrogens with zero attached hydrogens (tertiary/aromatic N) is 2. The molecule has 0 heterocycles. The Kier molecular flexibility index (Phi) is 10.4. The number of hydrogen-bond acceptors (Lipinski definition) is 5. The molecule has 3 aromatic rings. The number of nitrogens with one attached hydrogen (secondary N) is 1. The fraction of sp³-hybridized carbons (Fsp3) is 0.355. The van der Waals surface area contributed by atoms with E-state index in [-0.39, 0.29) is 34.8 Å². The molecule has 1 fully saturated rings. The highest BCUT2D eigenvalue weighted by Crippen LogP contribution is 2.34. The van der Waals surface area contributed by atoms with Crippen LogP contribution in [0.1, 0.15) is 43.7 Å². The van der Waals surface area contributed by atoms with Crippen LogP contribution in [0, 0.1) is 6.92 Å². The molecule has 0 unspecified atom stereocenters. The number of rotatable bonds is 11. The minimum absolute atomic E-state index is 0.0130. The number of sulfonamides is 1. The summed E-state index contributed by atoms with van der Waals surface area (Å²) in [6.07, 6.45) is 3.84. The molecule has 1 N–H and O–H groups in total. The fourth-order valence-electron chi connectivity index (χ4n) is 5.04. The van der Waals surface area contributed by atoms with E-state index in [1.807, 2.05) is 6.92 Å². The summed E-state index contributed by atoms with van der Waals surface area (Å²) < 4.78 is 34.6. The Morgan fingerprint density at radius 3 is 2.33 bits per heavy atom. The van der Waals surface area contributed by atoms with Crippen LogP contribution in [0.25, 0.3) is 0 Å². The van der Waals surface area contributed by atoms with Crippen molar-refractivity contribution >= 4 is 50.7 Å². The molecule has 0 aromatic heterocycles. The lowest BCUT2D eigenvalue weighted by Gasteiger charge is -2.33.